The summed E-state index contributed by atoms with van der Waals surface area (Å²) in [7, 11) is 0. The second-order valence-corrected chi connectivity index (χ2v) is 8.97. The summed E-state index contributed by atoms with van der Waals surface area (Å²) in [5, 5.41) is 8.86. The van der Waals surface area contributed by atoms with E-state index in [1.165, 1.54) is 6.20 Å². The number of hydrogen-bond acceptors (Lipinski definition) is 5. The van der Waals surface area contributed by atoms with E-state index in [9.17, 15) is 13.2 Å². The van der Waals surface area contributed by atoms with Gasteiger partial charge in [0, 0.05) is 31.2 Å². The summed E-state index contributed by atoms with van der Waals surface area (Å²) >= 11 is 0. The predicted molar refractivity (Wildman–Crippen MR) is 106 cm³/mol. The van der Waals surface area contributed by atoms with Gasteiger partial charge in [0.05, 0.1) is 17.3 Å². The van der Waals surface area contributed by atoms with Crippen LogP contribution < -0.4 is 9.80 Å². The summed E-state index contributed by atoms with van der Waals surface area (Å²) in [6.07, 6.45) is -1.11. The number of rotatable bonds is 2. The van der Waals surface area contributed by atoms with Crippen molar-refractivity contribution < 1.29 is 13.2 Å². The van der Waals surface area contributed by atoms with Gasteiger partial charge in [0.2, 0.25) is 0 Å². The molecule has 8 heteroatoms. The Morgan fingerprint density at radius 3 is 2.38 bits per heavy atom. The Morgan fingerprint density at radius 1 is 0.966 bits per heavy atom. The fraction of sp³-hybridized carbons (Fsp3) is 0.571. The molecule has 0 aliphatic carbocycles. The number of alkyl halides is 3. The third-order valence-corrected chi connectivity index (χ3v) is 5.97. The molecule has 2 saturated heterocycles. The molecule has 29 heavy (non-hydrogen) atoms. The number of hydrogen-bond donors (Lipinski definition) is 0. The zero-order valence-electron chi connectivity index (χ0n) is 16.9. The molecular weight excluding hydrogens is 379 g/mol. The zero-order valence-corrected chi connectivity index (χ0v) is 16.9. The summed E-state index contributed by atoms with van der Waals surface area (Å²) < 4.78 is 39.2. The second-order valence-electron chi connectivity index (χ2n) is 8.97. The topological polar surface area (TPSA) is 45.2 Å². The fourth-order valence-electron chi connectivity index (χ4n) is 4.28. The van der Waals surface area contributed by atoms with Crippen molar-refractivity contribution in [2.75, 3.05) is 29.4 Å². The maximum absolute atomic E-state index is 13.1. The molecule has 0 saturated carbocycles. The predicted octanol–water partition coefficient (Wildman–Crippen LogP) is 4.29. The highest BCUT2D eigenvalue weighted by atomic mass is 19.4. The monoisotopic (exact) mass is 405 g/mol. The van der Waals surface area contributed by atoms with Gasteiger partial charge in [0.25, 0.3) is 0 Å². The van der Waals surface area contributed by atoms with Crippen LogP contribution in [0.3, 0.4) is 0 Å². The Bertz CT molecular complexity index is 860. The molecule has 4 rings (SSSR count). The number of halogens is 3. The molecule has 2 fully saturated rings. The van der Waals surface area contributed by atoms with Gasteiger partial charge in [-0.1, -0.05) is 20.8 Å². The minimum Gasteiger partial charge on any atom is -0.355 e. The average molecular weight is 405 g/mol. The van der Waals surface area contributed by atoms with E-state index in [1.807, 2.05) is 17.0 Å². The quantitative estimate of drug-likeness (QED) is 0.746. The molecule has 2 aliphatic heterocycles. The van der Waals surface area contributed by atoms with Crippen molar-refractivity contribution in [1.82, 2.24) is 15.2 Å². The van der Waals surface area contributed by atoms with Crippen molar-refractivity contribution in [3.63, 3.8) is 0 Å². The number of piperidine rings is 1. The van der Waals surface area contributed by atoms with Gasteiger partial charge in [-0.25, -0.2) is 4.98 Å². The van der Waals surface area contributed by atoms with Gasteiger partial charge < -0.3 is 9.80 Å². The molecule has 2 unspecified atom stereocenters. The highest BCUT2D eigenvalue weighted by molar-refractivity contribution is 5.47. The maximum atomic E-state index is 13.1. The zero-order chi connectivity index (χ0) is 20.8. The van der Waals surface area contributed by atoms with Gasteiger partial charge in [-0.3, -0.25) is 0 Å². The van der Waals surface area contributed by atoms with Crippen molar-refractivity contribution in [2.45, 2.75) is 51.2 Å². The van der Waals surface area contributed by atoms with Gasteiger partial charge in [-0.15, -0.1) is 5.10 Å². The lowest BCUT2D eigenvalue weighted by Gasteiger charge is -2.39. The molecule has 2 aromatic rings. The summed E-state index contributed by atoms with van der Waals surface area (Å²) in [6, 6.07) is 6.40. The molecule has 0 aromatic carbocycles. The molecule has 0 N–H and O–H groups in total. The molecule has 2 aromatic heterocycles. The lowest BCUT2D eigenvalue weighted by molar-refractivity contribution is -0.137. The van der Waals surface area contributed by atoms with Crippen molar-refractivity contribution in [1.29, 1.82) is 0 Å². The SMILES string of the molecule is CC(C)(C)c1ccc(N2CCC3CCN(c4cc(C(F)(F)F)ccn4)CC32)nn1. The summed E-state index contributed by atoms with van der Waals surface area (Å²) in [5.41, 5.74) is 0.225. The molecule has 0 amide bonds. The first-order valence-corrected chi connectivity index (χ1v) is 10.0. The Kier molecular flexibility index (Phi) is 4.91. The van der Waals surface area contributed by atoms with E-state index in [4.69, 9.17) is 0 Å². The molecule has 4 heterocycles. The van der Waals surface area contributed by atoms with Crippen LogP contribution in [0.1, 0.15) is 44.9 Å². The molecule has 5 nitrogen and oxygen atoms in total. The van der Waals surface area contributed by atoms with E-state index in [2.05, 4.69) is 40.9 Å². The lowest BCUT2D eigenvalue weighted by Crippen LogP contribution is -2.49. The van der Waals surface area contributed by atoms with Crippen LogP contribution in [0.5, 0.6) is 0 Å². The van der Waals surface area contributed by atoms with E-state index in [1.54, 1.807) is 0 Å². The van der Waals surface area contributed by atoms with E-state index in [0.717, 1.165) is 49.6 Å². The third-order valence-electron chi connectivity index (χ3n) is 5.97. The minimum absolute atomic E-state index is 0.0596. The van der Waals surface area contributed by atoms with Gasteiger partial charge in [-0.2, -0.15) is 18.3 Å². The third kappa shape index (κ3) is 4.02. The van der Waals surface area contributed by atoms with Crippen LogP contribution in [0.4, 0.5) is 24.8 Å². The Labute approximate surface area is 168 Å². The number of pyridine rings is 1. The molecule has 156 valence electrons. The van der Waals surface area contributed by atoms with Gasteiger partial charge in [-0.05, 0) is 43.0 Å². The largest absolute Gasteiger partial charge is 0.416 e. The van der Waals surface area contributed by atoms with E-state index < -0.39 is 11.7 Å². The summed E-state index contributed by atoms with van der Waals surface area (Å²) in [6.45, 7) is 8.55. The summed E-state index contributed by atoms with van der Waals surface area (Å²) in [4.78, 5) is 8.42. The highest BCUT2D eigenvalue weighted by Crippen LogP contribution is 2.37. The second kappa shape index (κ2) is 7.15. The molecule has 2 atom stereocenters. The average Bonchev–Trinajstić information content (AvgIpc) is 3.10. The van der Waals surface area contributed by atoms with E-state index in [-0.39, 0.29) is 11.5 Å². The molecule has 0 bridgehead atoms. The normalized spacial score (nSPS) is 22.7. The minimum atomic E-state index is -4.36. The number of fused-ring (bicyclic) bond motifs is 1. The van der Waals surface area contributed by atoms with Crippen LogP contribution in [0.15, 0.2) is 30.5 Å². The van der Waals surface area contributed by atoms with Crippen LogP contribution in [0.25, 0.3) is 0 Å². The number of anilines is 2. The van der Waals surface area contributed by atoms with Crippen LogP contribution in [-0.2, 0) is 11.6 Å². The van der Waals surface area contributed by atoms with Crippen molar-refractivity contribution in [3.05, 3.63) is 41.7 Å². The van der Waals surface area contributed by atoms with Crippen molar-refractivity contribution in [2.24, 2.45) is 5.92 Å². The van der Waals surface area contributed by atoms with E-state index in [0.29, 0.717) is 18.3 Å². The van der Waals surface area contributed by atoms with Gasteiger partial charge in [0.15, 0.2) is 5.82 Å². The van der Waals surface area contributed by atoms with E-state index >= 15 is 0 Å². The molecule has 0 spiro atoms. The fourth-order valence-corrected chi connectivity index (χ4v) is 4.28. The van der Waals surface area contributed by atoms with Crippen LogP contribution in [0, 0.1) is 5.92 Å². The van der Waals surface area contributed by atoms with Crippen LogP contribution >= 0.6 is 0 Å². The van der Waals surface area contributed by atoms with Crippen LogP contribution in [-0.4, -0.2) is 40.9 Å². The Morgan fingerprint density at radius 2 is 1.72 bits per heavy atom. The maximum Gasteiger partial charge on any atom is 0.416 e. The molecular formula is C21H26F3N5. The van der Waals surface area contributed by atoms with Gasteiger partial charge >= 0.3 is 6.18 Å². The lowest BCUT2D eigenvalue weighted by atomic mass is 9.91. The Balaban J connectivity index is 1.54. The summed E-state index contributed by atoms with van der Waals surface area (Å²) in [5.74, 6) is 1.74. The molecule has 0 radical (unpaired) electrons. The first kappa shape index (κ1) is 19.9. The Hall–Kier alpha value is -2.38. The first-order valence-electron chi connectivity index (χ1n) is 10.0. The van der Waals surface area contributed by atoms with Crippen LogP contribution in [0.2, 0.25) is 0 Å². The smallest absolute Gasteiger partial charge is 0.355 e. The highest BCUT2D eigenvalue weighted by Gasteiger charge is 2.40. The van der Waals surface area contributed by atoms with Crippen molar-refractivity contribution >= 4 is 11.6 Å². The standard InChI is InChI=1S/C21H26F3N5/c1-20(2,3)17-4-5-18(27-26-17)29-11-8-14-7-10-28(13-16(14)29)19-12-15(6-9-25-19)21(22,23)24/h4-6,9,12,14,16H,7-8,10-11,13H2,1-3H3. The molecule has 2 aliphatic rings. The first-order chi connectivity index (χ1) is 13.6. The number of aromatic nitrogens is 3. The number of nitrogens with zero attached hydrogens (tertiary/aromatic N) is 5. The van der Waals surface area contributed by atoms with Crippen molar-refractivity contribution in [3.8, 4) is 0 Å². The van der Waals surface area contributed by atoms with Gasteiger partial charge in [0.1, 0.15) is 5.82 Å².